The first kappa shape index (κ1) is 17.6. The average molecular weight is 302 g/mol. The maximum atomic E-state index is 11.6. The van der Waals surface area contributed by atoms with Crippen LogP contribution in [0.25, 0.3) is 0 Å². The largest absolute Gasteiger partial charge is 0.497 e. The highest BCUT2D eigenvalue weighted by Crippen LogP contribution is 2.24. The molecular weight excluding hydrogens is 280 g/mol. The van der Waals surface area contributed by atoms with E-state index in [-0.39, 0.29) is 18.5 Å². The first-order valence-corrected chi connectivity index (χ1v) is 7.01. The Hall–Kier alpha value is -2.48. The molecule has 0 aliphatic rings. The number of methoxy groups -OCH3 is 2. The van der Waals surface area contributed by atoms with Gasteiger partial charge in [0.05, 0.1) is 26.8 Å². The quantitative estimate of drug-likeness (QED) is 0.572. The molecule has 0 radical (unpaired) electrons. The molecule has 0 amide bonds. The van der Waals surface area contributed by atoms with Crippen molar-refractivity contribution in [2.45, 2.75) is 19.9 Å². The molecule has 118 valence electrons. The summed E-state index contributed by atoms with van der Waals surface area (Å²) in [5.41, 5.74) is 1.13. The van der Waals surface area contributed by atoms with E-state index in [1.54, 1.807) is 7.11 Å². The van der Waals surface area contributed by atoms with Gasteiger partial charge < -0.3 is 14.4 Å². The summed E-state index contributed by atoms with van der Waals surface area (Å²) in [5.74, 6) is 0.352. The summed E-state index contributed by atoms with van der Waals surface area (Å²) in [6, 6.07) is 9.26. The molecule has 0 saturated heterocycles. The lowest BCUT2D eigenvalue weighted by molar-refractivity contribution is -0.136. The van der Waals surface area contributed by atoms with Gasteiger partial charge >= 0.3 is 5.97 Å². The maximum absolute atomic E-state index is 11.6. The third-order valence-corrected chi connectivity index (χ3v) is 3.34. The Bertz CT molecular complexity index is 558. The highest BCUT2D eigenvalue weighted by molar-refractivity contribution is 5.88. The Morgan fingerprint density at radius 2 is 1.91 bits per heavy atom. The number of carbonyl (C=O) groups is 1. The minimum atomic E-state index is -0.473. The SMILES string of the molecule is C=C(CN(c1ccc(OC)cc1)C(C#N)C(C)C)C(=O)OC. The van der Waals surface area contributed by atoms with E-state index < -0.39 is 5.97 Å². The van der Waals surface area contributed by atoms with Crippen LogP contribution in [0.1, 0.15) is 13.8 Å². The van der Waals surface area contributed by atoms with E-state index >= 15 is 0 Å². The lowest BCUT2D eigenvalue weighted by Crippen LogP contribution is -2.40. The number of carbonyl (C=O) groups excluding carboxylic acids is 1. The molecule has 5 heteroatoms. The van der Waals surface area contributed by atoms with Gasteiger partial charge in [-0.2, -0.15) is 5.26 Å². The predicted octanol–water partition coefficient (Wildman–Crippen LogP) is 2.78. The van der Waals surface area contributed by atoms with Gasteiger partial charge in [0.2, 0.25) is 0 Å². The van der Waals surface area contributed by atoms with Crippen LogP contribution in [0.15, 0.2) is 36.4 Å². The summed E-state index contributed by atoms with van der Waals surface area (Å²) in [7, 11) is 2.91. The minimum absolute atomic E-state index is 0.0950. The fourth-order valence-electron chi connectivity index (χ4n) is 2.12. The zero-order valence-electron chi connectivity index (χ0n) is 13.5. The third-order valence-electron chi connectivity index (χ3n) is 3.34. The standard InChI is InChI=1S/C17H22N2O3/c1-12(2)16(10-18)19(11-13(3)17(20)22-5)14-6-8-15(21-4)9-7-14/h6-9,12,16H,3,11H2,1-2,4-5H3. The monoisotopic (exact) mass is 302 g/mol. The Morgan fingerprint density at radius 1 is 1.32 bits per heavy atom. The molecule has 0 N–H and O–H groups in total. The van der Waals surface area contributed by atoms with Crippen LogP contribution in [0, 0.1) is 17.2 Å². The second-order valence-corrected chi connectivity index (χ2v) is 5.24. The lowest BCUT2D eigenvalue weighted by atomic mass is 10.0. The summed E-state index contributed by atoms with van der Waals surface area (Å²) in [6.45, 7) is 7.91. The van der Waals surface area contributed by atoms with Gasteiger partial charge in [0.15, 0.2) is 0 Å². The van der Waals surface area contributed by atoms with Gasteiger partial charge in [-0.05, 0) is 30.2 Å². The number of nitrogens with zero attached hydrogens (tertiary/aromatic N) is 2. The number of hydrogen-bond donors (Lipinski definition) is 0. The van der Waals surface area contributed by atoms with Gasteiger partial charge in [-0.1, -0.05) is 20.4 Å². The van der Waals surface area contributed by atoms with E-state index in [1.807, 2.05) is 43.0 Å². The Kier molecular flexibility index (Phi) is 6.46. The number of rotatable bonds is 7. The molecule has 0 spiro atoms. The number of benzene rings is 1. The van der Waals surface area contributed by atoms with Crippen molar-refractivity contribution in [3.8, 4) is 11.8 Å². The molecule has 1 rings (SSSR count). The topological polar surface area (TPSA) is 62.6 Å². The molecule has 0 fully saturated rings. The summed E-state index contributed by atoms with van der Waals surface area (Å²) < 4.78 is 9.84. The molecule has 5 nitrogen and oxygen atoms in total. The number of nitriles is 1. The summed E-state index contributed by atoms with van der Waals surface area (Å²) in [5, 5.41) is 9.48. The fourth-order valence-corrected chi connectivity index (χ4v) is 2.12. The van der Waals surface area contributed by atoms with E-state index in [4.69, 9.17) is 9.47 Å². The number of esters is 1. The van der Waals surface area contributed by atoms with Crippen LogP contribution >= 0.6 is 0 Å². The Morgan fingerprint density at radius 3 is 2.32 bits per heavy atom. The van der Waals surface area contributed by atoms with E-state index in [0.29, 0.717) is 5.57 Å². The fraction of sp³-hybridized carbons (Fsp3) is 0.412. The molecular formula is C17H22N2O3. The van der Waals surface area contributed by atoms with Crippen molar-refractivity contribution in [1.29, 1.82) is 5.26 Å². The molecule has 1 aromatic rings. The molecule has 0 saturated carbocycles. The smallest absolute Gasteiger partial charge is 0.334 e. The Labute approximate surface area is 131 Å². The van der Waals surface area contributed by atoms with Gasteiger partial charge in [-0.25, -0.2) is 4.79 Å². The number of anilines is 1. The summed E-state index contributed by atoms with van der Waals surface area (Å²) in [4.78, 5) is 13.5. The van der Waals surface area contributed by atoms with Crippen LogP contribution in [0.3, 0.4) is 0 Å². The highest BCUT2D eigenvalue weighted by atomic mass is 16.5. The Balaban J connectivity index is 3.12. The average Bonchev–Trinajstić information content (AvgIpc) is 2.53. The van der Waals surface area contributed by atoms with Gasteiger partial charge in [0.1, 0.15) is 11.8 Å². The molecule has 1 unspecified atom stereocenters. The van der Waals surface area contributed by atoms with Crippen LogP contribution in [0.5, 0.6) is 5.75 Å². The zero-order chi connectivity index (χ0) is 16.7. The van der Waals surface area contributed by atoms with Gasteiger partial charge in [0, 0.05) is 11.3 Å². The van der Waals surface area contributed by atoms with Crippen LogP contribution in [0.2, 0.25) is 0 Å². The van der Waals surface area contributed by atoms with Crippen LogP contribution in [-0.2, 0) is 9.53 Å². The molecule has 22 heavy (non-hydrogen) atoms. The van der Waals surface area contributed by atoms with Crippen molar-refractivity contribution >= 4 is 11.7 Å². The van der Waals surface area contributed by atoms with E-state index in [9.17, 15) is 10.1 Å². The molecule has 0 aliphatic heterocycles. The highest BCUT2D eigenvalue weighted by Gasteiger charge is 2.24. The van der Waals surface area contributed by atoms with Crippen LogP contribution in [0.4, 0.5) is 5.69 Å². The maximum Gasteiger partial charge on any atom is 0.334 e. The van der Waals surface area contributed by atoms with Crippen molar-refractivity contribution in [3.63, 3.8) is 0 Å². The van der Waals surface area contributed by atoms with E-state index in [2.05, 4.69) is 12.6 Å². The number of ether oxygens (including phenoxy) is 2. The predicted molar refractivity (Wildman–Crippen MR) is 85.7 cm³/mol. The van der Waals surface area contributed by atoms with Crippen molar-refractivity contribution < 1.29 is 14.3 Å². The van der Waals surface area contributed by atoms with Gasteiger partial charge in [-0.3, -0.25) is 0 Å². The third kappa shape index (κ3) is 4.26. The first-order chi connectivity index (χ1) is 10.4. The molecule has 0 heterocycles. The lowest BCUT2D eigenvalue weighted by Gasteiger charge is -2.32. The van der Waals surface area contributed by atoms with Crippen molar-refractivity contribution in [2.75, 3.05) is 25.7 Å². The van der Waals surface area contributed by atoms with Crippen molar-refractivity contribution in [3.05, 3.63) is 36.4 Å². The molecule has 1 aromatic carbocycles. The first-order valence-electron chi connectivity index (χ1n) is 7.01. The van der Waals surface area contributed by atoms with Crippen LogP contribution in [-0.4, -0.2) is 32.8 Å². The van der Waals surface area contributed by atoms with Crippen LogP contribution < -0.4 is 9.64 Å². The zero-order valence-corrected chi connectivity index (χ0v) is 13.5. The molecule has 1 atom stereocenters. The van der Waals surface area contributed by atoms with Gasteiger partial charge in [0.25, 0.3) is 0 Å². The van der Waals surface area contributed by atoms with E-state index in [0.717, 1.165) is 11.4 Å². The summed E-state index contributed by atoms with van der Waals surface area (Å²) >= 11 is 0. The van der Waals surface area contributed by atoms with E-state index in [1.165, 1.54) is 7.11 Å². The summed E-state index contributed by atoms with van der Waals surface area (Å²) in [6.07, 6.45) is 0. The van der Waals surface area contributed by atoms with Crippen molar-refractivity contribution in [1.82, 2.24) is 0 Å². The number of hydrogen-bond acceptors (Lipinski definition) is 5. The van der Waals surface area contributed by atoms with Gasteiger partial charge in [-0.15, -0.1) is 0 Å². The molecule has 0 bridgehead atoms. The second kappa shape index (κ2) is 8.08. The second-order valence-electron chi connectivity index (χ2n) is 5.24. The molecule has 0 aromatic heterocycles. The molecule has 0 aliphatic carbocycles. The normalized spacial score (nSPS) is 11.5. The minimum Gasteiger partial charge on any atom is -0.497 e. The van der Waals surface area contributed by atoms with Crippen molar-refractivity contribution in [2.24, 2.45) is 5.92 Å².